The van der Waals surface area contributed by atoms with Crippen LogP contribution < -0.4 is 0 Å². The van der Waals surface area contributed by atoms with Crippen LogP contribution in [0.5, 0.6) is 0 Å². The third kappa shape index (κ3) is 1.44. The van der Waals surface area contributed by atoms with E-state index < -0.39 is 18.2 Å². The lowest BCUT2D eigenvalue weighted by Crippen LogP contribution is -2.24. The Morgan fingerprint density at radius 1 is 1.67 bits per heavy atom. The van der Waals surface area contributed by atoms with Crippen LogP contribution in [-0.4, -0.2) is 42.9 Å². The topological polar surface area (TPSA) is 49.7 Å². The van der Waals surface area contributed by atoms with Crippen LogP contribution in [0, 0.1) is 0 Å². The molecule has 1 aliphatic heterocycles. The van der Waals surface area contributed by atoms with E-state index in [0.29, 0.717) is 6.42 Å². The number of aliphatic hydroxyl groups excluding tert-OH is 2. The first-order valence-electron chi connectivity index (χ1n) is 2.94. The summed E-state index contributed by atoms with van der Waals surface area (Å²) in [6, 6.07) is -0.405. The molecule has 0 saturated carbocycles. The molecular formula is C5H9BO3. The van der Waals surface area contributed by atoms with Crippen molar-refractivity contribution in [2.75, 3.05) is 6.61 Å². The molecule has 3 atom stereocenters. The Morgan fingerprint density at radius 3 is 2.56 bits per heavy atom. The van der Waals surface area contributed by atoms with Gasteiger partial charge in [-0.15, -0.1) is 0 Å². The Bertz CT molecular complexity index is 98.2. The van der Waals surface area contributed by atoms with Gasteiger partial charge in [-0.25, -0.2) is 0 Å². The molecule has 4 heteroatoms. The number of hydrogen-bond donors (Lipinski definition) is 2. The fourth-order valence-electron chi connectivity index (χ4n) is 0.925. The van der Waals surface area contributed by atoms with Gasteiger partial charge in [-0.2, -0.15) is 0 Å². The van der Waals surface area contributed by atoms with E-state index in [-0.39, 0.29) is 6.61 Å². The SMILES string of the molecule is [B][C@H]1C[C@H](O)[C@@H](CO)O1. The van der Waals surface area contributed by atoms with Crippen molar-refractivity contribution in [3.8, 4) is 0 Å². The first-order valence-corrected chi connectivity index (χ1v) is 2.94. The van der Waals surface area contributed by atoms with Crippen molar-refractivity contribution in [1.82, 2.24) is 0 Å². The van der Waals surface area contributed by atoms with Crippen molar-refractivity contribution in [2.24, 2.45) is 0 Å². The highest BCUT2D eigenvalue weighted by molar-refractivity contribution is 6.11. The van der Waals surface area contributed by atoms with Crippen molar-refractivity contribution in [2.45, 2.75) is 24.6 Å². The van der Waals surface area contributed by atoms with Crippen molar-refractivity contribution >= 4 is 7.85 Å². The third-order valence-corrected chi connectivity index (χ3v) is 1.43. The van der Waals surface area contributed by atoms with Crippen LogP contribution >= 0.6 is 0 Å². The predicted octanol–water partition coefficient (Wildman–Crippen LogP) is -1.38. The van der Waals surface area contributed by atoms with Gasteiger partial charge in [0.1, 0.15) is 14.0 Å². The third-order valence-electron chi connectivity index (χ3n) is 1.43. The smallest absolute Gasteiger partial charge is 0.109 e. The zero-order valence-corrected chi connectivity index (χ0v) is 5.03. The summed E-state index contributed by atoms with van der Waals surface area (Å²) in [4.78, 5) is 0. The number of ether oxygens (including phenoxy) is 1. The molecule has 1 rings (SSSR count). The molecule has 0 bridgehead atoms. The van der Waals surface area contributed by atoms with Crippen molar-refractivity contribution < 1.29 is 14.9 Å². The van der Waals surface area contributed by atoms with Gasteiger partial charge in [0, 0.05) is 6.00 Å². The van der Waals surface area contributed by atoms with Gasteiger partial charge in [0.05, 0.1) is 12.7 Å². The maximum absolute atomic E-state index is 8.99. The largest absolute Gasteiger partial charge is 0.394 e. The molecule has 0 aromatic rings. The maximum atomic E-state index is 8.99. The van der Waals surface area contributed by atoms with Gasteiger partial charge in [-0.3, -0.25) is 0 Å². The second-order valence-corrected chi connectivity index (χ2v) is 2.20. The van der Waals surface area contributed by atoms with Crippen molar-refractivity contribution in [1.29, 1.82) is 0 Å². The minimum atomic E-state index is -0.593. The van der Waals surface area contributed by atoms with E-state index in [1.165, 1.54) is 0 Å². The molecule has 50 valence electrons. The normalized spacial score (nSPS) is 43.6. The maximum Gasteiger partial charge on any atom is 0.109 e. The molecule has 0 aromatic carbocycles. The molecule has 1 aliphatic rings. The summed E-state index contributed by atoms with van der Waals surface area (Å²) in [5, 5.41) is 17.5. The number of aliphatic hydroxyl groups is 2. The molecular weight excluding hydrogens is 119 g/mol. The Labute approximate surface area is 55.0 Å². The molecule has 0 aromatic heterocycles. The van der Waals surface area contributed by atoms with Gasteiger partial charge in [-0.1, -0.05) is 0 Å². The quantitative estimate of drug-likeness (QED) is 0.428. The first-order chi connectivity index (χ1) is 4.24. The minimum absolute atomic E-state index is 0.158. The zero-order chi connectivity index (χ0) is 6.85. The lowest BCUT2D eigenvalue weighted by molar-refractivity contribution is -0.00408. The van der Waals surface area contributed by atoms with E-state index in [1.54, 1.807) is 0 Å². The van der Waals surface area contributed by atoms with Gasteiger partial charge in [0.2, 0.25) is 0 Å². The molecule has 0 spiro atoms. The minimum Gasteiger partial charge on any atom is -0.394 e. The Kier molecular flexibility index (Phi) is 2.11. The Hall–Kier alpha value is -0.0551. The summed E-state index contributed by atoms with van der Waals surface area (Å²) in [6.45, 7) is -0.158. The molecule has 0 aliphatic carbocycles. The van der Waals surface area contributed by atoms with E-state index in [1.807, 2.05) is 0 Å². The molecule has 3 nitrogen and oxygen atoms in total. The first kappa shape index (κ1) is 7.06. The molecule has 1 fully saturated rings. The van der Waals surface area contributed by atoms with Crippen molar-refractivity contribution in [3.63, 3.8) is 0 Å². The molecule has 2 radical (unpaired) electrons. The zero-order valence-electron chi connectivity index (χ0n) is 5.03. The van der Waals surface area contributed by atoms with Gasteiger partial charge < -0.3 is 14.9 Å². The lowest BCUT2D eigenvalue weighted by Gasteiger charge is -2.09. The molecule has 9 heavy (non-hydrogen) atoms. The van der Waals surface area contributed by atoms with Gasteiger partial charge >= 0.3 is 0 Å². The van der Waals surface area contributed by atoms with E-state index in [2.05, 4.69) is 0 Å². The number of hydrogen-bond acceptors (Lipinski definition) is 3. The van der Waals surface area contributed by atoms with Crippen LogP contribution in [0.4, 0.5) is 0 Å². The monoisotopic (exact) mass is 128 g/mol. The average molecular weight is 128 g/mol. The Balaban J connectivity index is 2.38. The Morgan fingerprint density at radius 2 is 2.33 bits per heavy atom. The van der Waals surface area contributed by atoms with Crippen LogP contribution in [0.1, 0.15) is 6.42 Å². The predicted molar refractivity (Wildman–Crippen MR) is 32.1 cm³/mol. The average Bonchev–Trinajstić information content (AvgIpc) is 2.10. The van der Waals surface area contributed by atoms with E-state index in [0.717, 1.165) is 0 Å². The second-order valence-electron chi connectivity index (χ2n) is 2.20. The van der Waals surface area contributed by atoms with Crippen molar-refractivity contribution in [3.05, 3.63) is 0 Å². The highest BCUT2D eigenvalue weighted by Gasteiger charge is 2.29. The lowest BCUT2D eigenvalue weighted by atomic mass is 9.96. The van der Waals surface area contributed by atoms with Gasteiger partial charge in [0.25, 0.3) is 0 Å². The summed E-state index contributed by atoms with van der Waals surface area (Å²) in [6.07, 6.45) is -0.643. The fraction of sp³-hybridized carbons (Fsp3) is 1.00. The summed E-state index contributed by atoms with van der Waals surface area (Å²) in [5.74, 6) is 0. The van der Waals surface area contributed by atoms with E-state index in [4.69, 9.17) is 22.8 Å². The van der Waals surface area contributed by atoms with E-state index >= 15 is 0 Å². The van der Waals surface area contributed by atoms with Gasteiger partial charge in [0.15, 0.2) is 0 Å². The van der Waals surface area contributed by atoms with Crippen LogP contribution in [0.2, 0.25) is 0 Å². The fourth-order valence-corrected chi connectivity index (χ4v) is 0.925. The number of rotatable bonds is 1. The van der Waals surface area contributed by atoms with Crippen LogP contribution in [-0.2, 0) is 4.74 Å². The summed E-state index contributed by atoms with van der Waals surface area (Å²) in [5.41, 5.74) is 0. The van der Waals surface area contributed by atoms with Crippen LogP contribution in [0.3, 0.4) is 0 Å². The molecule has 1 saturated heterocycles. The van der Waals surface area contributed by atoms with E-state index in [9.17, 15) is 0 Å². The molecule has 2 N–H and O–H groups in total. The van der Waals surface area contributed by atoms with Gasteiger partial charge in [-0.05, 0) is 6.42 Å². The molecule has 0 unspecified atom stereocenters. The molecule has 0 amide bonds. The highest BCUT2D eigenvalue weighted by Crippen LogP contribution is 2.17. The highest BCUT2D eigenvalue weighted by atomic mass is 16.5. The second kappa shape index (κ2) is 2.69. The van der Waals surface area contributed by atoms with Crippen LogP contribution in [0.15, 0.2) is 0 Å². The molecule has 1 heterocycles. The summed E-state index contributed by atoms with van der Waals surface area (Å²) >= 11 is 0. The summed E-state index contributed by atoms with van der Waals surface area (Å²) < 4.78 is 4.90. The standard InChI is InChI=1S/C5H9BO3/c6-5-1-3(8)4(2-7)9-5/h3-5,7-8H,1-2H2/t3-,4+,5+/m0/s1. The van der Waals surface area contributed by atoms with Crippen LogP contribution in [0.25, 0.3) is 0 Å². The summed E-state index contributed by atoms with van der Waals surface area (Å²) in [7, 11) is 5.30.